The van der Waals surface area contributed by atoms with Crippen molar-refractivity contribution in [1.82, 2.24) is 19.6 Å². The van der Waals surface area contributed by atoms with Crippen LogP contribution in [0.1, 0.15) is 10.4 Å². The number of Topliss-reactive ketones (excluding diaryl/α,β-unsaturated/α-hetero) is 1. The van der Waals surface area contributed by atoms with Gasteiger partial charge in [0.1, 0.15) is 12.1 Å². The maximum absolute atomic E-state index is 12.1. The molecule has 0 aliphatic heterocycles. The molecule has 2 heterocycles. The smallest absolute Gasteiger partial charge is 0.185 e. The Morgan fingerprint density at radius 1 is 1.28 bits per heavy atom. The first kappa shape index (κ1) is 10.7. The molecule has 18 heavy (non-hydrogen) atoms. The third-order valence-corrected chi connectivity index (χ3v) is 2.87. The SMILES string of the molecule is Cn1ccc(C(=O)Cn2nnc3ccccc32)c1. The summed E-state index contributed by atoms with van der Waals surface area (Å²) >= 11 is 0. The number of carbonyl (C=O) groups excluding carboxylic acids is 1. The third-order valence-electron chi connectivity index (χ3n) is 2.87. The van der Waals surface area contributed by atoms with Gasteiger partial charge in [0.05, 0.1) is 5.52 Å². The summed E-state index contributed by atoms with van der Waals surface area (Å²) in [6, 6.07) is 9.41. The van der Waals surface area contributed by atoms with Gasteiger partial charge in [-0.05, 0) is 18.2 Å². The minimum atomic E-state index is 0.0336. The van der Waals surface area contributed by atoms with Crippen molar-refractivity contribution in [1.29, 1.82) is 0 Å². The maximum atomic E-state index is 12.1. The predicted molar refractivity (Wildman–Crippen MR) is 67.3 cm³/mol. The van der Waals surface area contributed by atoms with Gasteiger partial charge in [-0.15, -0.1) is 5.10 Å². The zero-order valence-corrected chi connectivity index (χ0v) is 9.95. The highest BCUT2D eigenvalue weighted by atomic mass is 16.1. The zero-order valence-electron chi connectivity index (χ0n) is 9.95. The van der Waals surface area contributed by atoms with E-state index < -0.39 is 0 Å². The van der Waals surface area contributed by atoms with Crippen molar-refractivity contribution >= 4 is 16.8 Å². The van der Waals surface area contributed by atoms with Crippen molar-refractivity contribution in [3.8, 4) is 0 Å². The van der Waals surface area contributed by atoms with E-state index in [1.165, 1.54) is 0 Å². The number of nitrogens with zero attached hydrogens (tertiary/aromatic N) is 4. The molecule has 0 aliphatic rings. The largest absolute Gasteiger partial charge is 0.357 e. The van der Waals surface area contributed by atoms with Crippen molar-refractivity contribution in [3.63, 3.8) is 0 Å². The molecule has 0 atom stereocenters. The Hall–Kier alpha value is -2.43. The van der Waals surface area contributed by atoms with Gasteiger partial charge in [-0.1, -0.05) is 17.3 Å². The number of para-hydroxylation sites is 1. The molecule has 0 bridgehead atoms. The van der Waals surface area contributed by atoms with E-state index >= 15 is 0 Å². The first-order valence-corrected chi connectivity index (χ1v) is 5.67. The number of hydrogen-bond donors (Lipinski definition) is 0. The number of hydrogen-bond acceptors (Lipinski definition) is 3. The summed E-state index contributed by atoms with van der Waals surface area (Å²) in [4.78, 5) is 12.1. The van der Waals surface area contributed by atoms with Crippen LogP contribution in [0, 0.1) is 0 Å². The highest BCUT2D eigenvalue weighted by molar-refractivity contribution is 5.96. The van der Waals surface area contributed by atoms with Crippen molar-refractivity contribution in [2.75, 3.05) is 0 Å². The number of rotatable bonds is 3. The summed E-state index contributed by atoms with van der Waals surface area (Å²) in [5, 5.41) is 8.03. The van der Waals surface area contributed by atoms with Gasteiger partial charge in [0.25, 0.3) is 0 Å². The van der Waals surface area contributed by atoms with Crippen LogP contribution in [0.4, 0.5) is 0 Å². The first-order valence-electron chi connectivity index (χ1n) is 5.67. The molecule has 1 aromatic carbocycles. The van der Waals surface area contributed by atoms with E-state index in [0.717, 1.165) is 11.0 Å². The second-order valence-corrected chi connectivity index (χ2v) is 4.22. The number of aromatic nitrogens is 4. The number of benzene rings is 1. The molecule has 0 spiro atoms. The number of fused-ring (bicyclic) bond motifs is 1. The van der Waals surface area contributed by atoms with Gasteiger partial charge in [0.15, 0.2) is 5.78 Å². The second-order valence-electron chi connectivity index (χ2n) is 4.22. The lowest BCUT2D eigenvalue weighted by Gasteiger charge is -1.99. The molecule has 0 radical (unpaired) electrons. The molecule has 2 aromatic heterocycles. The van der Waals surface area contributed by atoms with E-state index in [1.54, 1.807) is 16.9 Å². The van der Waals surface area contributed by atoms with Crippen LogP contribution in [0.25, 0.3) is 11.0 Å². The van der Waals surface area contributed by atoms with Crippen LogP contribution < -0.4 is 0 Å². The van der Waals surface area contributed by atoms with E-state index in [0.29, 0.717) is 5.56 Å². The van der Waals surface area contributed by atoms with E-state index in [4.69, 9.17) is 0 Å². The normalized spacial score (nSPS) is 10.9. The quantitative estimate of drug-likeness (QED) is 0.654. The van der Waals surface area contributed by atoms with Crippen molar-refractivity contribution in [2.45, 2.75) is 6.54 Å². The Kier molecular flexibility index (Phi) is 2.44. The molecule has 3 rings (SSSR count). The summed E-state index contributed by atoms with van der Waals surface area (Å²) in [5.74, 6) is 0.0336. The lowest BCUT2D eigenvalue weighted by Crippen LogP contribution is -2.11. The second kappa shape index (κ2) is 4.10. The molecule has 0 amide bonds. The average molecular weight is 240 g/mol. The van der Waals surface area contributed by atoms with Crippen LogP contribution in [-0.2, 0) is 13.6 Å². The van der Waals surface area contributed by atoms with Gasteiger partial charge < -0.3 is 4.57 Å². The molecule has 90 valence electrons. The molecule has 0 saturated carbocycles. The Labute approximate surface area is 104 Å². The third kappa shape index (κ3) is 1.79. The van der Waals surface area contributed by atoms with Gasteiger partial charge in [0.2, 0.25) is 0 Å². The Morgan fingerprint density at radius 3 is 2.89 bits per heavy atom. The average Bonchev–Trinajstić information content (AvgIpc) is 2.97. The lowest BCUT2D eigenvalue weighted by molar-refractivity contribution is 0.0968. The van der Waals surface area contributed by atoms with Gasteiger partial charge in [-0.3, -0.25) is 4.79 Å². The van der Waals surface area contributed by atoms with Crippen molar-refractivity contribution in [2.24, 2.45) is 7.05 Å². The van der Waals surface area contributed by atoms with Crippen LogP contribution in [0.2, 0.25) is 0 Å². The van der Waals surface area contributed by atoms with Crippen LogP contribution in [0.3, 0.4) is 0 Å². The molecule has 0 saturated heterocycles. The molecule has 0 fully saturated rings. The lowest BCUT2D eigenvalue weighted by atomic mass is 10.2. The fraction of sp³-hybridized carbons (Fsp3) is 0.154. The topological polar surface area (TPSA) is 52.7 Å². The fourth-order valence-corrected chi connectivity index (χ4v) is 1.93. The molecule has 0 N–H and O–H groups in total. The van der Waals surface area contributed by atoms with Gasteiger partial charge >= 0.3 is 0 Å². The number of ketones is 1. The highest BCUT2D eigenvalue weighted by Crippen LogP contribution is 2.11. The van der Waals surface area contributed by atoms with Crippen molar-refractivity contribution < 1.29 is 4.79 Å². The highest BCUT2D eigenvalue weighted by Gasteiger charge is 2.11. The van der Waals surface area contributed by atoms with Gasteiger partial charge in [-0.25, -0.2) is 4.68 Å². The van der Waals surface area contributed by atoms with Gasteiger partial charge in [0, 0.05) is 25.0 Å². The van der Waals surface area contributed by atoms with Crippen LogP contribution in [0.15, 0.2) is 42.7 Å². The standard InChI is InChI=1S/C13H12N4O/c1-16-7-6-10(8-16)13(18)9-17-12-5-3-2-4-11(12)14-15-17/h2-8H,9H2,1H3. The fourth-order valence-electron chi connectivity index (χ4n) is 1.93. The monoisotopic (exact) mass is 240 g/mol. The molecule has 0 aliphatic carbocycles. The van der Waals surface area contributed by atoms with Crippen LogP contribution in [-0.4, -0.2) is 25.3 Å². The molecular formula is C13H12N4O. The number of carbonyl (C=O) groups is 1. The van der Waals surface area contributed by atoms with E-state index in [-0.39, 0.29) is 12.3 Å². The minimum absolute atomic E-state index is 0.0336. The Balaban J connectivity index is 1.90. The Morgan fingerprint density at radius 2 is 2.11 bits per heavy atom. The molecule has 5 nitrogen and oxygen atoms in total. The summed E-state index contributed by atoms with van der Waals surface area (Å²) in [6.45, 7) is 0.213. The van der Waals surface area contributed by atoms with Crippen LogP contribution in [0.5, 0.6) is 0 Å². The minimum Gasteiger partial charge on any atom is -0.357 e. The molecular weight excluding hydrogens is 228 g/mol. The van der Waals surface area contributed by atoms with Crippen molar-refractivity contribution in [3.05, 3.63) is 48.3 Å². The van der Waals surface area contributed by atoms with E-state index in [2.05, 4.69) is 10.3 Å². The van der Waals surface area contributed by atoms with Crippen LogP contribution >= 0.6 is 0 Å². The zero-order chi connectivity index (χ0) is 12.5. The van der Waals surface area contributed by atoms with Gasteiger partial charge in [-0.2, -0.15) is 0 Å². The number of aryl methyl sites for hydroxylation is 1. The summed E-state index contributed by atoms with van der Waals surface area (Å²) in [7, 11) is 1.89. The molecule has 3 aromatic rings. The first-order chi connectivity index (χ1) is 8.74. The molecule has 5 heteroatoms. The Bertz CT molecular complexity index is 710. The van der Waals surface area contributed by atoms with E-state index in [9.17, 15) is 4.79 Å². The van der Waals surface area contributed by atoms with E-state index in [1.807, 2.05) is 42.1 Å². The summed E-state index contributed by atoms with van der Waals surface area (Å²) in [5.41, 5.74) is 2.37. The summed E-state index contributed by atoms with van der Waals surface area (Å²) in [6.07, 6.45) is 3.66. The maximum Gasteiger partial charge on any atom is 0.185 e. The molecule has 0 unspecified atom stereocenters. The predicted octanol–water partition coefficient (Wildman–Crippen LogP) is 1.65. The summed E-state index contributed by atoms with van der Waals surface area (Å²) < 4.78 is 3.48.